The van der Waals surface area contributed by atoms with Crippen molar-refractivity contribution in [3.63, 3.8) is 0 Å². The van der Waals surface area contributed by atoms with Crippen molar-refractivity contribution in [1.29, 1.82) is 0 Å². The number of carbonyl (C=O) groups excluding carboxylic acids is 1. The summed E-state index contributed by atoms with van der Waals surface area (Å²) in [6, 6.07) is 13.4. The maximum atomic E-state index is 11.0. The maximum absolute atomic E-state index is 11.0. The smallest absolute Gasteiger partial charge is 0.287 e. The molecule has 0 saturated heterocycles. The molecule has 2 nitrogen and oxygen atoms in total. The first kappa shape index (κ1) is 9.43. The molecule has 78 valence electrons. The van der Waals surface area contributed by atoms with Crippen LogP contribution in [0.2, 0.25) is 0 Å². The lowest BCUT2D eigenvalue weighted by atomic mass is 10.1. The lowest BCUT2D eigenvalue weighted by molar-refractivity contribution is 0.105. The Labute approximate surface area is 96.4 Å². The molecule has 0 radical (unpaired) electrons. The summed E-state index contributed by atoms with van der Waals surface area (Å²) < 4.78 is 5.36. The van der Waals surface area contributed by atoms with Gasteiger partial charge in [0.1, 0.15) is 5.58 Å². The fraction of sp³-hybridized carbons (Fsp3) is 0. The topological polar surface area (TPSA) is 30.2 Å². The number of hydrogen-bond donors (Lipinski definition) is 0. The second-order valence-corrected chi connectivity index (χ2v) is 3.93. The van der Waals surface area contributed by atoms with E-state index in [1.807, 2.05) is 36.4 Å². The van der Waals surface area contributed by atoms with Crippen LogP contribution in [0.25, 0.3) is 21.7 Å². The van der Waals surface area contributed by atoms with E-state index in [9.17, 15) is 4.79 Å². The minimum Gasteiger partial charge on any atom is -0.452 e. The van der Waals surface area contributed by atoms with Gasteiger partial charge in [-0.2, -0.15) is 0 Å². The summed E-state index contributed by atoms with van der Waals surface area (Å²) in [6.45, 7) is 0. The molecule has 0 spiro atoms. The molecule has 3 aromatic rings. The van der Waals surface area contributed by atoms with Crippen LogP contribution in [-0.4, -0.2) is 5.24 Å². The SMILES string of the molecule is O=C(Cl)c1cc2c(ccc3ccccc32)o1. The lowest BCUT2D eigenvalue weighted by Gasteiger charge is -1.96. The molecule has 0 N–H and O–H groups in total. The molecular formula is C13H7ClO2. The van der Waals surface area contributed by atoms with Gasteiger partial charge in [0.05, 0.1) is 0 Å². The van der Waals surface area contributed by atoms with Crippen molar-refractivity contribution in [3.8, 4) is 0 Å². The molecule has 0 aliphatic carbocycles. The monoisotopic (exact) mass is 230 g/mol. The van der Waals surface area contributed by atoms with E-state index in [4.69, 9.17) is 16.0 Å². The quantitative estimate of drug-likeness (QED) is 0.592. The Morgan fingerprint density at radius 2 is 1.88 bits per heavy atom. The average Bonchev–Trinajstić information content (AvgIpc) is 2.73. The number of furan rings is 1. The highest BCUT2D eigenvalue weighted by molar-refractivity contribution is 6.67. The molecule has 0 saturated carbocycles. The Bertz CT molecular complexity index is 697. The van der Waals surface area contributed by atoms with Gasteiger partial charge in [-0.15, -0.1) is 0 Å². The molecule has 16 heavy (non-hydrogen) atoms. The van der Waals surface area contributed by atoms with Crippen LogP contribution in [0.1, 0.15) is 10.6 Å². The van der Waals surface area contributed by atoms with E-state index in [1.54, 1.807) is 6.07 Å². The third-order valence-electron chi connectivity index (χ3n) is 2.62. The molecule has 0 aliphatic rings. The van der Waals surface area contributed by atoms with Gasteiger partial charge in [0.15, 0.2) is 5.76 Å². The Hall–Kier alpha value is -1.80. The Morgan fingerprint density at radius 3 is 2.69 bits per heavy atom. The van der Waals surface area contributed by atoms with Crippen LogP contribution in [0.15, 0.2) is 46.9 Å². The molecule has 3 heteroatoms. The van der Waals surface area contributed by atoms with Crippen LogP contribution in [-0.2, 0) is 0 Å². The second kappa shape index (κ2) is 3.35. The summed E-state index contributed by atoms with van der Waals surface area (Å²) >= 11 is 5.39. The summed E-state index contributed by atoms with van der Waals surface area (Å²) in [5.74, 6) is 0.188. The number of rotatable bonds is 1. The van der Waals surface area contributed by atoms with Crippen LogP contribution >= 0.6 is 11.6 Å². The van der Waals surface area contributed by atoms with Gasteiger partial charge in [-0.1, -0.05) is 30.3 Å². The number of halogens is 1. The van der Waals surface area contributed by atoms with Crippen LogP contribution in [0.4, 0.5) is 0 Å². The van der Waals surface area contributed by atoms with Crippen LogP contribution in [0, 0.1) is 0 Å². The van der Waals surface area contributed by atoms with Crippen molar-refractivity contribution >= 4 is 38.6 Å². The Kier molecular flexibility index (Phi) is 1.98. The van der Waals surface area contributed by atoms with Gasteiger partial charge >= 0.3 is 0 Å². The number of hydrogen-bond acceptors (Lipinski definition) is 2. The van der Waals surface area contributed by atoms with Crippen molar-refractivity contribution in [2.75, 3.05) is 0 Å². The predicted molar refractivity (Wildman–Crippen MR) is 63.9 cm³/mol. The number of fused-ring (bicyclic) bond motifs is 3. The fourth-order valence-electron chi connectivity index (χ4n) is 1.89. The van der Waals surface area contributed by atoms with Crippen LogP contribution in [0.3, 0.4) is 0 Å². The van der Waals surface area contributed by atoms with Gasteiger partial charge < -0.3 is 4.42 Å². The Balaban J connectivity index is 2.46. The maximum Gasteiger partial charge on any atom is 0.287 e. The van der Waals surface area contributed by atoms with E-state index in [0.717, 1.165) is 16.2 Å². The van der Waals surface area contributed by atoms with E-state index < -0.39 is 5.24 Å². The third-order valence-corrected chi connectivity index (χ3v) is 2.81. The standard InChI is InChI=1S/C13H7ClO2/c14-13(15)12-7-10-9-4-2-1-3-8(9)5-6-11(10)16-12/h1-7H. The van der Waals surface area contributed by atoms with E-state index in [-0.39, 0.29) is 5.76 Å². The lowest BCUT2D eigenvalue weighted by Crippen LogP contribution is -1.81. The van der Waals surface area contributed by atoms with E-state index >= 15 is 0 Å². The summed E-state index contributed by atoms with van der Waals surface area (Å²) in [5, 5.41) is 2.53. The largest absolute Gasteiger partial charge is 0.452 e. The van der Waals surface area contributed by atoms with E-state index in [2.05, 4.69) is 0 Å². The minimum atomic E-state index is -0.569. The third kappa shape index (κ3) is 1.31. The number of benzene rings is 2. The van der Waals surface area contributed by atoms with Crippen LogP contribution < -0.4 is 0 Å². The van der Waals surface area contributed by atoms with Crippen molar-refractivity contribution < 1.29 is 9.21 Å². The molecule has 2 aromatic carbocycles. The van der Waals surface area contributed by atoms with Crippen LogP contribution in [0.5, 0.6) is 0 Å². The molecule has 0 aliphatic heterocycles. The van der Waals surface area contributed by atoms with Gasteiger partial charge in [0, 0.05) is 5.39 Å². The number of carbonyl (C=O) groups is 1. The summed E-state index contributed by atoms with van der Waals surface area (Å²) in [7, 11) is 0. The van der Waals surface area contributed by atoms with Gasteiger partial charge in [-0.05, 0) is 34.5 Å². The highest BCUT2D eigenvalue weighted by Gasteiger charge is 2.11. The first-order valence-corrected chi connectivity index (χ1v) is 5.24. The molecule has 3 rings (SSSR count). The zero-order valence-electron chi connectivity index (χ0n) is 8.24. The zero-order valence-corrected chi connectivity index (χ0v) is 8.99. The normalized spacial score (nSPS) is 11.1. The second-order valence-electron chi connectivity index (χ2n) is 3.58. The zero-order chi connectivity index (χ0) is 11.1. The van der Waals surface area contributed by atoms with Gasteiger partial charge in [-0.25, -0.2) is 0 Å². The molecule has 0 unspecified atom stereocenters. The summed E-state index contributed by atoms with van der Waals surface area (Å²) in [4.78, 5) is 11.0. The Morgan fingerprint density at radius 1 is 1.06 bits per heavy atom. The highest BCUT2D eigenvalue weighted by Crippen LogP contribution is 2.28. The van der Waals surface area contributed by atoms with Crippen molar-refractivity contribution in [3.05, 3.63) is 48.2 Å². The van der Waals surface area contributed by atoms with Crippen molar-refractivity contribution in [1.82, 2.24) is 0 Å². The fourth-order valence-corrected chi connectivity index (χ4v) is 1.98. The molecule has 0 bridgehead atoms. The van der Waals surface area contributed by atoms with Gasteiger partial charge in [0.2, 0.25) is 0 Å². The average molecular weight is 231 g/mol. The minimum absolute atomic E-state index is 0.188. The van der Waals surface area contributed by atoms with E-state index in [0.29, 0.717) is 5.58 Å². The summed E-state index contributed by atoms with van der Waals surface area (Å²) in [5.41, 5.74) is 0.683. The van der Waals surface area contributed by atoms with Gasteiger partial charge in [-0.3, -0.25) is 4.79 Å². The molecule has 0 atom stereocenters. The molecular weight excluding hydrogens is 224 g/mol. The highest BCUT2D eigenvalue weighted by atomic mass is 35.5. The first-order chi connectivity index (χ1) is 7.75. The molecule has 0 amide bonds. The van der Waals surface area contributed by atoms with E-state index in [1.165, 1.54) is 0 Å². The van der Waals surface area contributed by atoms with Crippen molar-refractivity contribution in [2.45, 2.75) is 0 Å². The molecule has 0 fully saturated rings. The molecule has 1 aromatic heterocycles. The van der Waals surface area contributed by atoms with Crippen molar-refractivity contribution in [2.24, 2.45) is 0 Å². The van der Waals surface area contributed by atoms with Gasteiger partial charge in [0.25, 0.3) is 5.24 Å². The molecule has 1 heterocycles. The predicted octanol–water partition coefficient (Wildman–Crippen LogP) is 3.97. The first-order valence-electron chi connectivity index (χ1n) is 4.87. The summed E-state index contributed by atoms with van der Waals surface area (Å²) in [6.07, 6.45) is 0.